The molecule has 0 heterocycles. The lowest BCUT2D eigenvalue weighted by Crippen LogP contribution is -2.03. The van der Waals surface area contributed by atoms with Crippen molar-refractivity contribution in [3.63, 3.8) is 0 Å². The molecule has 0 N–H and O–H groups in total. The Kier molecular flexibility index (Phi) is 1.47. The summed E-state index contributed by atoms with van der Waals surface area (Å²) in [5.74, 6) is 0.752. The minimum Gasteiger partial charge on any atom is -0.303 e. The molecule has 1 rings (SSSR count). The van der Waals surface area contributed by atoms with E-state index >= 15 is 0 Å². The van der Waals surface area contributed by atoms with Gasteiger partial charge in [0.05, 0.1) is 0 Å². The smallest absolute Gasteiger partial charge is 0.127 e. The van der Waals surface area contributed by atoms with E-state index in [1.807, 2.05) is 6.08 Å². The fourth-order valence-electron chi connectivity index (χ4n) is 0.977. The van der Waals surface area contributed by atoms with Crippen LogP contribution in [-0.2, 0) is 4.79 Å². The highest BCUT2D eigenvalue weighted by Crippen LogP contribution is 2.21. The molecule has 0 saturated carbocycles. The molecule has 1 aliphatic carbocycles. The zero-order valence-electron chi connectivity index (χ0n) is 5.00. The Morgan fingerprint density at radius 2 is 2.50 bits per heavy atom. The van der Waals surface area contributed by atoms with E-state index in [9.17, 15) is 4.79 Å². The van der Waals surface area contributed by atoms with Crippen molar-refractivity contribution in [1.82, 2.24) is 0 Å². The summed E-state index contributed by atoms with van der Waals surface area (Å²) >= 11 is 0. The van der Waals surface area contributed by atoms with E-state index in [-0.39, 0.29) is 5.92 Å². The summed E-state index contributed by atoms with van der Waals surface area (Å²) in [6.45, 7) is 2.10. The third kappa shape index (κ3) is 0.808. The zero-order valence-corrected chi connectivity index (χ0v) is 5.00. The van der Waals surface area contributed by atoms with Crippen molar-refractivity contribution in [3.8, 4) is 0 Å². The molecular weight excluding hydrogens is 100 g/mol. The molecule has 1 nitrogen and oxygen atoms in total. The van der Waals surface area contributed by atoms with E-state index < -0.39 is 0 Å². The first-order valence-corrected chi connectivity index (χ1v) is 2.96. The fraction of sp³-hybridized carbons (Fsp3) is 0.571. The van der Waals surface area contributed by atoms with Crippen LogP contribution in [0.5, 0.6) is 0 Å². The number of rotatable bonds is 1. The summed E-state index contributed by atoms with van der Waals surface area (Å²) in [6.07, 6.45) is 6.15. The Labute approximate surface area is 49.4 Å². The summed E-state index contributed by atoms with van der Waals surface area (Å²) in [4.78, 5) is 10.2. The average molecular weight is 110 g/mol. The van der Waals surface area contributed by atoms with Crippen molar-refractivity contribution in [2.45, 2.75) is 13.3 Å². The van der Waals surface area contributed by atoms with E-state index in [4.69, 9.17) is 0 Å². The molecule has 0 aromatic rings. The van der Waals surface area contributed by atoms with E-state index in [1.165, 1.54) is 0 Å². The molecule has 1 heteroatoms. The lowest BCUT2D eigenvalue weighted by atomic mass is 10.00. The molecular formula is C7H10O. The Bertz CT molecular complexity index is 116. The summed E-state index contributed by atoms with van der Waals surface area (Å²) in [5, 5.41) is 0. The maximum atomic E-state index is 10.2. The second-order valence-electron chi connectivity index (χ2n) is 2.35. The molecule has 0 bridgehead atoms. The van der Waals surface area contributed by atoms with Crippen molar-refractivity contribution in [1.29, 1.82) is 0 Å². The SMILES string of the molecule is C[C@@H]1CC=CC1C=O. The van der Waals surface area contributed by atoms with Gasteiger partial charge in [0.1, 0.15) is 6.29 Å². The number of carbonyl (C=O) groups is 1. The van der Waals surface area contributed by atoms with Crippen molar-refractivity contribution in [2.24, 2.45) is 11.8 Å². The molecule has 2 atom stereocenters. The summed E-state index contributed by atoms with van der Waals surface area (Å²) in [7, 11) is 0. The predicted octanol–water partition coefficient (Wildman–Crippen LogP) is 1.40. The maximum absolute atomic E-state index is 10.2. The number of carbonyl (C=O) groups excluding carboxylic acids is 1. The Morgan fingerprint density at radius 3 is 2.75 bits per heavy atom. The Morgan fingerprint density at radius 1 is 1.75 bits per heavy atom. The van der Waals surface area contributed by atoms with Gasteiger partial charge < -0.3 is 4.79 Å². The summed E-state index contributed by atoms with van der Waals surface area (Å²) in [5.41, 5.74) is 0. The van der Waals surface area contributed by atoms with Gasteiger partial charge in [0, 0.05) is 5.92 Å². The second kappa shape index (κ2) is 2.12. The van der Waals surface area contributed by atoms with Crippen LogP contribution in [-0.4, -0.2) is 6.29 Å². The van der Waals surface area contributed by atoms with Gasteiger partial charge in [-0.2, -0.15) is 0 Å². The van der Waals surface area contributed by atoms with Gasteiger partial charge >= 0.3 is 0 Å². The minimum atomic E-state index is 0.204. The van der Waals surface area contributed by atoms with Crippen LogP contribution in [0.15, 0.2) is 12.2 Å². The van der Waals surface area contributed by atoms with Gasteiger partial charge in [-0.15, -0.1) is 0 Å². The van der Waals surface area contributed by atoms with Crippen molar-refractivity contribution >= 4 is 6.29 Å². The van der Waals surface area contributed by atoms with Crippen LogP contribution in [0.25, 0.3) is 0 Å². The summed E-state index contributed by atoms with van der Waals surface area (Å²) < 4.78 is 0. The fourth-order valence-corrected chi connectivity index (χ4v) is 0.977. The molecule has 1 aliphatic rings. The largest absolute Gasteiger partial charge is 0.303 e. The second-order valence-corrected chi connectivity index (χ2v) is 2.35. The third-order valence-corrected chi connectivity index (χ3v) is 1.68. The number of hydrogen-bond acceptors (Lipinski definition) is 1. The van der Waals surface area contributed by atoms with Crippen LogP contribution in [0.2, 0.25) is 0 Å². The molecule has 0 aliphatic heterocycles. The molecule has 0 aromatic carbocycles. The Balaban J connectivity index is 2.52. The highest BCUT2D eigenvalue weighted by molar-refractivity contribution is 5.58. The van der Waals surface area contributed by atoms with Crippen LogP contribution in [0.1, 0.15) is 13.3 Å². The maximum Gasteiger partial charge on any atom is 0.127 e. The van der Waals surface area contributed by atoms with Crippen molar-refractivity contribution in [3.05, 3.63) is 12.2 Å². The van der Waals surface area contributed by atoms with Gasteiger partial charge in [0.15, 0.2) is 0 Å². The van der Waals surface area contributed by atoms with Crippen LogP contribution >= 0.6 is 0 Å². The molecule has 0 fully saturated rings. The van der Waals surface area contributed by atoms with Crippen LogP contribution < -0.4 is 0 Å². The summed E-state index contributed by atoms with van der Waals surface area (Å²) in [6, 6.07) is 0. The first kappa shape index (κ1) is 5.54. The number of hydrogen-bond donors (Lipinski definition) is 0. The van der Waals surface area contributed by atoms with E-state index in [0.717, 1.165) is 12.7 Å². The molecule has 0 radical (unpaired) electrons. The van der Waals surface area contributed by atoms with Gasteiger partial charge in [0.2, 0.25) is 0 Å². The van der Waals surface area contributed by atoms with E-state index in [0.29, 0.717) is 5.92 Å². The molecule has 0 spiro atoms. The highest BCUT2D eigenvalue weighted by Gasteiger charge is 2.15. The molecule has 0 saturated heterocycles. The Hall–Kier alpha value is -0.590. The zero-order chi connectivity index (χ0) is 5.98. The topological polar surface area (TPSA) is 17.1 Å². The van der Waals surface area contributed by atoms with Gasteiger partial charge in [0.25, 0.3) is 0 Å². The molecule has 8 heavy (non-hydrogen) atoms. The van der Waals surface area contributed by atoms with Gasteiger partial charge in [-0.05, 0) is 12.3 Å². The predicted molar refractivity (Wildman–Crippen MR) is 32.5 cm³/mol. The molecule has 44 valence electrons. The van der Waals surface area contributed by atoms with Gasteiger partial charge in [-0.3, -0.25) is 0 Å². The van der Waals surface area contributed by atoms with E-state index in [2.05, 4.69) is 13.0 Å². The van der Waals surface area contributed by atoms with E-state index in [1.54, 1.807) is 0 Å². The quantitative estimate of drug-likeness (QED) is 0.368. The molecule has 0 aromatic heterocycles. The van der Waals surface area contributed by atoms with Crippen molar-refractivity contribution in [2.75, 3.05) is 0 Å². The lowest BCUT2D eigenvalue weighted by molar-refractivity contribution is -0.110. The van der Waals surface area contributed by atoms with Crippen LogP contribution in [0, 0.1) is 11.8 Å². The standard InChI is InChI=1S/C7H10O/c1-6-3-2-4-7(6)5-8/h2,4-7H,3H2,1H3/t6-,7?/m1/s1. The first-order valence-electron chi connectivity index (χ1n) is 2.96. The van der Waals surface area contributed by atoms with Crippen LogP contribution in [0.4, 0.5) is 0 Å². The minimum absolute atomic E-state index is 0.204. The van der Waals surface area contributed by atoms with Gasteiger partial charge in [-0.25, -0.2) is 0 Å². The van der Waals surface area contributed by atoms with Crippen LogP contribution in [0.3, 0.4) is 0 Å². The molecule has 0 amide bonds. The third-order valence-electron chi connectivity index (χ3n) is 1.68. The monoisotopic (exact) mass is 110 g/mol. The van der Waals surface area contributed by atoms with Crippen molar-refractivity contribution < 1.29 is 4.79 Å². The average Bonchev–Trinajstić information content (AvgIpc) is 2.14. The number of allylic oxidation sites excluding steroid dienone is 2. The molecule has 1 unspecified atom stereocenters. The normalized spacial score (nSPS) is 35.6. The lowest BCUT2D eigenvalue weighted by Gasteiger charge is -2.03. The van der Waals surface area contributed by atoms with Gasteiger partial charge in [-0.1, -0.05) is 19.1 Å². The highest BCUT2D eigenvalue weighted by atomic mass is 16.1. The number of aldehydes is 1. The first-order chi connectivity index (χ1) is 3.84.